The van der Waals surface area contributed by atoms with Crippen LogP contribution in [-0.4, -0.2) is 68.8 Å². The first-order valence-corrected chi connectivity index (χ1v) is 11.0. The number of hydrogen-bond acceptors (Lipinski definition) is 4. The number of hydrogen-bond donors (Lipinski definition) is 1. The van der Waals surface area contributed by atoms with Crippen LogP contribution >= 0.6 is 0 Å². The minimum Gasteiger partial charge on any atom is -0.435 e. The standard InChI is InChI=1S/C22H36F2N2O5/c1-14-12-16(13-26(14,18(28)29)19(30)31-21(5,6)7)25(17(27)20(2,3)4)15-8-10-22(23,24)11-9-15/h14-16H,8-13H2,1-7H3/p+1/t14-,16?,26?/m1/s1. The highest BCUT2D eigenvalue weighted by atomic mass is 19.3. The summed E-state index contributed by atoms with van der Waals surface area (Å²) in [6.07, 6.45) is -2.23. The molecule has 1 heterocycles. The summed E-state index contributed by atoms with van der Waals surface area (Å²) in [6.45, 7) is 11.8. The fourth-order valence-electron chi connectivity index (χ4n) is 4.62. The predicted molar refractivity (Wildman–Crippen MR) is 111 cm³/mol. The number of halogens is 2. The molecule has 1 saturated heterocycles. The smallest absolute Gasteiger partial charge is 0.435 e. The quantitative estimate of drug-likeness (QED) is 0.600. The Balaban J connectivity index is 2.40. The van der Waals surface area contributed by atoms with E-state index in [9.17, 15) is 28.3 Å². The van der Waals surface area contributed by atoms with Gasteiger partial charge in [-0.25, -0.2) is 8.78 Å². The number of ether oxygens (including phenoxy) is 1. The number of rotatable bonds is 2. The highest BCUT2D eigenvalue weighted by Gasteiger charge is 2.61. The van der Waals surface area contributed by atoms with Crippen molar-refractivity contribution < 1.29 is 37.5 Å². The molecule has 1 N–H and O–H groups in total. The van der Waals surface area contributed by atoms with Crippen molar-refractivity contribution in [1.82, 2.24) is 4.90 Å². The molecule has 1 aliphatic heterocycles. The van der Waals surface area contributed by atoms with Gasteiger partial charge in [-0.05, 0) is 40.5 Å². The third-order valence-corrected chi connectivity index (χ3v) is 6.27. The molecule has 0 aromatic carbocycles. The minimum absolute atomic E-state index is 0.139. The van der Waals surface area contributed by atoms with Crippen LogP contribution in [0.15, 0.2) is 0 Å². The summed E-state index contributed by atoms with van der Waals surface area (Å²) in [7, 11) is 0. The van der Waals surface area contributed by atoms with Crippen molar-refractivity contribution >= 4 is 18.1 Å². The van der Waals surface area contributed by atoms with E-state index in [-0.39, 0.29) is 44.6 Å². The lowest BCUT2D eigenvalue weighted by Crippen LogP contribution is -2.62. The van der Waals surface area contributed by atoms with Gasteiger partial charge in [0.25, 0.3) is 0 Å². The predicted octanol–water partition coefficient (Wildman–Crippen LogP) is 5.03. The molecule has 0 radical (unpaired) electrons. The number of quaternary nitrogens is 1. The van der Waals surface area contributed by atoms with Gasteiger partial charge in [0.1, 0.15) is 18.2 Å². The molecule has 2 aliphatic rings. The monoisotopic (exact) mass is 447 g/mol. The minimum atomic E-state index is -2.74. The molecule has 178 valence electrons. The van der Waals surface area contributed by atoms with E-state index < -0.39 is 51.7 Å². The molecule has 2 rings (SSSR count). The van der Waals surface area contributed by atoms with Crippen molar-refractivity contribution in [2.75, 3.05) is 6.54 Å². The average Bonchev–Trinajstić information content (AvgIpc) is 2.92. The number of carboxylic acid groups (broad SMARTS) is 1. The zero-order valence-electron chi connectivity index (χ0n) is 19.7. The van der Waals surface area contributed by atoms with Gasteiger partial charge in [-0.3, -0.25) is 4.79 Å². The molecule has 3 atom stereocenters. The Labute approximate surface area is 183 Å². The Morgan fingerprint density at radius 2 is 1.55 bits per heavy atom. The first-order chi connectivity index (χ1) is 13.9. The average molecular weight is 448 g/mol. The normalized spacial score (nSPS) is 29.5. The number of carbonyl (C=O) groups excluding carboxylic acids is 2. The molecule has 0 aromatic rings. The van der Waals surface area contributed by atoms with Crippen LogP contribution in [-0.2, 0) is 9.53 Å². The van der Waals surface area contributed by atoms with Crippen molar-refractivity contribution in [3.05, 3.63) is 0 Å². The van der Waals surface area contributed by atoms with E-state index in [4.69, 9.17) is 4.74 Å². The van der Waals surface area contributed by atoms with Gasteiger partial charge in [0.2, 0.25) is 11.8 Å². The Kier molecular flexibility index (Phi) is 6.82. The number of amides is 3. The maximum Gasteiger partial charge on any atom is 0.527 e. The van der Waals surface area contributed by atoms with E-state index in [0.717, 1.165) is 0 Å². The number of likely N-dealkylation sites (tertiary alicyclic amines) is 1. The zero-order chi connectivity index (χ0) is 24.0. The van der Waals surface area contributed by atoms with Crippen LogP contribution in [0.5, 0.6) is 0 Å². The van der Waals surface area contributed by atoms with Gasteiger partial charge in [-0.15, -0.1) is 4.48 Å². The molecular weight excluding hydrogens is 410 g/mol. The van der Waals surface area contributed by atoms with Crippen LogP contribution in [0.25, 0.3) is 0 Å². The molecule has 2 fully saturated rings. The first-order valence-electron chi connectivity index (χ1n) is 11.0. The van der Waals surface area contributed by atoms with Gasteiger partial charge in [-0.1, -0.05) is 20.8 Å². The summed E-state index contributed by atoms with van der Waals surface area (Å²) in [6, 6.07) is -1.59. The Hall–Kier alpha value is -1.77. The third-order valence-electron chi connectivity index (χ3n) is 6.27. The van der Waals surface area contributed by atoms with Gasteiger partial charge in [0.15, 0.2) is 0 Å². The fourth-order valence-corrected chi connectivity index (χ4v) is 4.62. The second-order valence-corrected chi connectivity index (χ2v) is 11.1. The molecule has 3 amide bonds. The summed E-state index contributed by atoms with van der Waals surface area (Å²) in [5.41, 5.74) is -1.64. The van der Waals surface area contributed by atoms with Crippen molar-refractivity contribution in [1.29, 1.82) is 0 Å². The van der Waals surface area contributed by atoms with Crippen molar-refractivity contribution in [3.8, 4) is 0 Å². The van der Waals surface area contributed by atoms with E-state index in [1.165, 1.54) is 0 Å². The number of nitrogens with zero attached hydrogens (tertiary/aromatic N) is 2. The van der Waals surface area contributed by atoms with E-state index in [1.54, 1.807) is 53.4 Å². The van der Waals surface area contributed by atoms with Gasteiger partial charge in [-0.2, -0.15) is 9.59 Å². The Bertz CT molecular complexity index is 718. The molecule has 1 aliphatic carbocycles. The van der Waals surface area contributed by atoms with E-state index >= 15 is 0 Å². The number of alkyl halides is 2. The van der Waals surface area contributed by atoms with Crippen molar-refractivity contribution in [2.45, 2.75) is 110 Å². The van der Waals surface area contributed by atoms with Crippen LogP contribution in [0, 0.1) is 5.41 Å². The lowest BCUT2D eigenvalue weighted by Gasteiger charge is -2.42. The largest absolute Gasteiger partial charge is 0.527 e. The van der Waals surface area contributed by atoms with E-state index in [2.05, 4.69) is 0 Å². The summed E-state index contributed by atoms with van der Waals surface area (Å²) in [5, 5.41) is 10.0. The second kappa shape index (κ2) is 8.30. The molecule has 9 heteroatoms. The SMILES string of the molecule is C[C@@H]1CC(N(C(=O)C(C)(C)C)C2CCC(F)(F)CC2)C[N+]1(C(=O)O)C(=O)OC(C)(C)C. The molecule has 0 aromatic heterocycles. The van der Waals surface area contributed by atoms with Crippen LogP contribution in [0.1, 0.15) is 80.6 Å². The van der Waals surface area contributed by atoms with Gasteiger partial charge >= 0.3 is 12.2 Å². The first kappa shape index (κ1) is 25.5. The summed E-state index contributed by atoms with van der Waals surface area (Å²) in [5.74, 6) is -2.96. The van der Waals surface area contributed by atoms with E-state index in [1.807, 2.05) is 0 Å². The number of carbonyl (C=O) groups is 3. The Morgan fingerprint density at radius 3 is 1.97 bits per heavy atom. The highest BCUT2D eigenvalue weighted by Crippen LogP contribution is 2.40. The van der Waals surface area contributed by atoms with Crippen LogP contribution in [0.3, 0.4) is 0 Å². The van der Waals surface area contributed by atoms with Crippen LogP contribution < -0.4 is 0 Å². The molecule has 1 saturated carbocycles. The highest BCUT2D eigenvalue weighted by molar-refractivity contribution is 5.82. The van der Waals surface area contributed by atoms with Crippen molar-refractivity contribution in [2.24, 2.45) is 5.41 Å². The second-order valence-electron chi connectivity index (χ2n) is 11.1. The van der Waals surface area contributed by atoms with Gasteiger partial charge in [0, 0.05) is 30.7 Å². The molecule has 0 bridgehead atoms. The third kappa shape index (κ3) is 5.35. The maximum absolute atomic E-state index is 13.8. The summed E-state index contributed by atoms with van der Waals surface area (Å²) >= 11 is 0. The van der Waals surface area contributed by atoms with Gasteiger partial charge in [0.05, 0.1) is 6.04 Å². The fraction of sp³-hybridized carbons (Fsp3) is 0.864. The maximum atomic E-state index is 13.8. The molecule has 31 heavy (non-hydrogen) atoms. The van der Waals surface area contributed by atoms with Gasteiger partial charge < -0.3 is 14.7 Å². The van der Waals surface area contributed by atoms with Crippen molar-refractivity contribution in [3.63, 3.8) is 0 Å². The zero-order valence-corrected chi connectivity index (χ0v) is 19.7. The summed E-state index contributed by atoms with van der Waals surface area (Å²) < 4.78 is 32.0. The molecule has 2 unspecified atom stereocenters. The molecular formula is C22H37F2N2O5+. The lowest BCUT2D eigenvalue weighted by molar-refractivity contribution is -0.797. The Morgan fingerprint density at radius 1 is 1.03 bits per heavy atom. The van der Waals surface area contributed by atoms with Crippen LogP contribution in [0.4, 0.5) is 18.4 Å². The molecule has 7 nitrogen and oxygen atoms in total. The summed E-state index contributed by atoms with van der Waals surface area (Å²) in [4.78, 5) is 40.3. The van der Waals surface area contributed by atoms with Crippen LogP contribution in [0.2, 0.25) is 0 Å². The number of imide groups is 1. The van der Waals surface area contributed by atoms with E-state index in [0.29, 0.717) is 0 Å². The lowest BCUT2D eigenvalue weighted by atomic mass is 9.86. The topological polar surface area (TPSA) is 83.9 Å². The molecule has 0 spiro atoms.